The minimum absolute atomic E-state index is 0.152. The van der Waals surface area contributed by atoms with Gasteiger partial charge in [-0.2, -0.15) is 0 Å². The zero-order valence-corrected chi connectivity index (χ0v) is 13.2. The van der Waals surface area contributed by atoms with Crippen LogP contribution in [0.2, 0.25) is 0 Å². The molecule has 0 saturated carbocycles. The smallest absolute Gasteiger partial charge is 0.221 e. The van der Waals surface area contributed by atoms with Crippen LogP contribution in [0.15, 0.2) is 38.8 Å². The van der Waals surface area contributed by atoms with E-state index in [1.165, 1.54) is 36.5 Å². The van der Waals surface area contributed by atoms with Crippen molar-refractivity contribution < 1.29 is 19.1 Å². The fourth-order valence-corrected chi connectivity index (χ4v) is 4.02. The molecule has 22 heavy (non-hydrogen) atoms. The van der Waals surface area contributed by atoms with E-state index < -0.39 is 0 Å². The van der Waals surface area contributed by atoms with Gasteiger partial charge in [-0.1, -0.05) is 23.5 Å². The Morgan fingerprint density at radius 2 is 1.95 bits per heavy atom. The molecule has 0 saturated heterocycles. The fourth-order valence-electron chi connectivity index (χ4n) is 2.12. The van der Waals surface area contributed by atoms with Gasteiger partial charge >= 0.3 is 0 Å². The van der Waals surface area contributed by atoms with Crippen LogP contribution in [0.3, 0.4) is 0 Å². The van der Waals surface area contributed by atoms with Crippen LogP contribution >= 0.6 is 23.5 Å². The van der Waals surface area contributed by atoms with Crippen molar-refractivity contribution in [2.24, 2.45) is 0 Å². The van der Waals surface area contributed by atoms with Crippen molar-refractivity contribution in [1.29, 1.82) is 0 Å². The highest BCUT2D eigenvalue weighted by molar-refractivity contribution is 8.27. The van der Waals surface area contributed by atoms with Crippen LogP contribution in [-0.2, 0) is 9.59 Å². The Balaban J connectivity index is 2.07. The fraction of sp³-hybridized carbons (Fsp3) is 0.133. The number of ketones is 2. The molecule has 0 fully saturated rings. The summed E-state index contributed by atoms with van der Waals surface area (Å²) in [5.41, 5.74) is 0.929. The van der Waals surface area contributed by atoms with Gasteiger partial charge in [0.1, 0.15) is 5.75 Å². The van der Waals surface area contributed by atoms with Crippen molar-refractivity contribution in [3.8, 4) is 5.75 Å². The van der Waals surface area contributed by atoms with Gasteiger partial charge in [0.25, 0.3) is 0 Å². The minimum atomic E-state index is -0.372. The Kier molecular flexibility index (Phi) is 4.08. The summed E-state index contributed by atoms with van der Waals surface area (Å²) in [6, 6.07) is 4.76. The average Bonchev–Trinajstić information content (AvgIpc) is 2.95. The van der Waals surface area contributed by atoms with E-state index in [1.54, 1.807) is 12.1 Å². The van der Waals surface area contributed by atoms with Crippen molar-refractivity contribution in [2.45, 2.75) is 6.92 Å². The number of anilines is 1. The summed E-state index contributed by atoms with van der Waals surface area (Å²) in [7, 11) is 0. The van der Waals surface area contributed by atoms with Crippen molar-refractivity contribution >= 4 is 46.7 Å². The quantitative estimate of drug-likeness (QED) is 0.629. The van der Waals surface area contributed by atoms with E-state index in [1.807, 2.05) is 10.8 Å². The summed E-state index contributed by atoms with van der Waals surface area (Å²) in [6.07, 6.45) is 0. The lowest BCUT2D eigenvalue weighted by Gasteiger charge is -2.08. The van der Waals surface area contributed by atoms with Gasteiger partial charge in [0.2, 0.25) is 17.5 Å². The number of carbonyl (C=O) groups is 3. The zero-order valence-electron chi connectivity index (χ0n) is 11.5. The largest absolute Gasteiger partial charge is 0.485 e. The summed E-state index contributed by atoms with van der Waals surface area (Å²) in [5, 5.41) is 6.28. The molecule has 1 aromatic rings. The van der Waals surface area contributed by atoms with Gasteiger partial charge in [0, 0.05) is 12.6 Å². The third-order valence-corrected chi connectivity index (χ3v) is 5.15. The van der Waals surface area contributed by atoms with Gasteiger partial charge in [0.05, 0.1) is 15.4 Å². The summed E-state index contributed by atoms with van der Waals surface area (Å²) < 4.78 is 6.09. The summed E-state index contributed by atoms with van der Waals surface area (Å²) in [5.74, 6) is -0.587. The third-order valence-electron chi connectivity index (χ3n) is 3.02. The molecular weight excluding hydrogens is 322 g/mol. The highest BCUT2D eigenvalue weighted by Crippen LogP contribution is 2.42. The molecule has 0 radical (unpaired) electrons. The number of ether oxygens (including phenoxy) is 1. The summed E-state index contributed by atoms with van der Waals surface area (Å²) in [4.78, 5) is 36.1. The van der Waals surface area contributed by atoms with E-state index in [4.69, 9.17) is 4.74 Å². The van der Waals surface area contributed by atoms with Crippen LogP contribution in [0.5, 0.6) is 5.75 Å². The lowest BCUT2D eigenvalue weighted by atomic mass is 10.0. The standard InChI is InChI=1S/C15H11NO4S2/c1-8(17)16-9-2-3-12-10(6-9)14(19)13(11(18)7-20-12)15-21-4-5-22-15/h2-6H,7H2,1H3,(H,16,17). The van der Waals surface area contributed by atoms with Crippen molar-refractivity contribution in [3.63, 3.8) is 0 Å². The maximum absolute atomic E-state index is 12.7. The maximum atomic E-state index is 12.7. The predicted molar refractivity (Wildman–Crippen MR) is 86.9 cm³/mol. The highest BCUT2D eigenvalue weighted by Gasteiger charge is 2.31. The first kappa shape index (κ1) is 14.9. The predicted octanol–water partition coefficient (Wildman–Crippen LogP) is 2.95. The number of nitrogens with one attached hydrogen (secondary N) is 1. The topological polar surface area (TPSA) is 72.5 Å². The molecule has 1 aromatic carbocycles. The first-order chi connectivity index (χ1) is 10.6. The van der Waals surface area contributed by atoms with Crippen LogP contribution in [0, 0.1) is 0 Å². The molecule has 0 aliphatic carbocycles. The number of carbonyl (C=O) groups excluding carboxylic acids is 3. The Labute approximate surface area is 135 Å². The van der Waals surface area contributed by atoms with Crippen molar-refractivity contribution in [3.05, 3.63) is 44.4 Å². The van der Waals surface area contributed by atoms with Gasteiger partial charge in [-0.3, -0.25) is 14.4 Å². The van der Waals surface area contributed by atoms with E-state index >= 15 is 0 Å². The first-order valence-corrected chi connectivity index (χ1v) is 8.17. The summed E-state index contributed by atoms with van der Waals surface area (Å²) in [6.45, 7) is 1.22. The molecule has 1 amide bonds. The first-order valence-electron chi connectivity index (χ1n) is 6.41. The average molecular weight is 333 g/mol. The number of benzene rings is 1. The van der Waals surface area contributed by atoms with Gasteiger partial charge < -0.3 is 10.1 Å². The van der Waals surface area contributed by atoms with E-state index in [2.05, 4.69) is 5.32 Å². The molecule has 0 spiro atoms. The molecule has 1 N–H and O–H groups in total. The molecule has 0 aromatic heterocycles. The normalized spacial score (nSPS) is 17.1. The Bertz CT molecular complexity index is 742. The van der Waals surface area contributed by atoms with E-state index in [-0.39, 0.29) is 35.2 Å². The summed E-state index contributed by atoms with van der Waals surface area (Å²) >= 11 is 2.70. The third kappa shape index (κ3) is 2.82. The van der Waals surface area contributed by atoms with E-state index in [0.717, 1.165) is 0 Å². The van der Waals surface area contributed by atoms with Crippen LogP contribution in [-0.4, -0.2) is 24.1 Å². The number of hydrogen-bond donors (Lipinski definition) is 1. The van der Waals surface area contributed by atoms with Gasteiger partial charge in [-0.05, 0) is 29.0 Å². The molecule has 112 valence electrons. The molecule has 2 aliphatic heterocycles. The molecule has 0 bridgehead atoms. The maximum Gasteiger partial charge on any atom is 0.221 e. The lowest BCUT2D eigenvalue weighted by molar-refractivity contribution is -0.117. The van der Waals surface area contributed by atoms with E-state index in [0.29, 0.717) is 15.7 Å². The van der Waals surface area contributed by atoms with Gasteiger partial charge in [-0.25, -0.2) is 0 Å². The number of Topliss-reactive ketones (excluding diaryl/α,β-unsaturated/α-hetero) is 2. The molecule has 3 rings (SSSR count). The number of amides is 1. The second-order valence-electron chi connectivity index (χ2n) is 4.60. The van der Waals surface area contributed by atoms with Crippen LogP contribution in [0.25, 0.3) is 0 Å². The number of thioether (sulfide) groups is 2. The lowest BCUT2D eigenvalue weighted by Crippen LogP contribution is -2.16. The molecule has 0 unspecified atom stereocenters. The highest BCUT2D eigenvalue weighted by atomic mass is 32.2. The second kappa shape index (κ2) is 6.02. The second-order valence-corrected chi connectivity index (χ2v) is 6.69. The Morgan fingerprint density at radius 1 is 1.23 bits per heavy atom. The Morgan fingerprint density at radius 3 is 2.64 bits per heavy atom. The molecular formula is C15H11NO4S2. The molecule has 2 heterocycles. The van der Waals surface area contributed by atoms with Crippen LogP contribution < -0.4 is 10.1 Å². The van der Waals surface area contributed by atoms with Crippen LogP contribution in [0.1, 0.15) is 17.3 Å². The molecule has 5 nitrogen and oxygen atoms in total. The molecule has 0 atom stereocenters. The molecule has 7 heteroatoms. The van der Waals surface area contributed by atoms with Gasteiger partial charge in [0.15, 0.2) is 6.61 Å². The Hall–Kier alpha value is -1.99. The zero-order chi connectivity index (χ0) is 15.7. The number of fused-ring (bicyclic) bond motifs is 1. The number of hydrogen-bond acceptors (Lipinski definition) is 6. The monoisotopic (exact) mass is 333 g/mol. The SMILES string of the molecule is CC(=O)Nc1ccc2c(c1)C(=O)C(=C1SC=CS1)C(=O)CO2. The minimum Gasteiger partial charge on any atom is -0.485 e. The van der Waals surface area contributed by atoms with E-state index in [9.17, 15) is 14.4 Å². The van der Waals surface area contributed by atoms with Crippen molar-refractivity contribution in [1.82, 2.24) is 0 Å². The van der Waals surface area contributed by atoms with Crippen molar-refractivity contribution in [2.75, 3.05) is 11.9 Å². The van der Waals surface area contributed by atoms with Gasteiger partial charge in [-0.15, -0.1) is 0 Å². The molecule has 2 aliphatic rings. The van der Waals surface area contributed by atoms with Crippen LogP contribution in [0.4, 0.5) is 5.69 Å². The number of rotatable bonds is 1.